The van der Waals surface area contributed by atoms with Gasteiger partial charge in [0.1, 0.15) is 0 Å². The van der Waals surface area contributed by atoms with Gasteiger partial charge in [-0.2, -0.15) is 0 Å². The predicted octanol–water partition coefficient (Wildman–Crippen LogP) is 2.51. The second kappa shape index (κ2) is 6.90. The molecule has 3 nitrogen and oxygen atoms in total. The van der Waals surface area contributed by atoms with Crippen molar-refractivity contribution in [2.75, 3.05) is 44.2 Å². The van der Waals surface area contributed by atoms with Crippen LogP contribution in [-0.4, -0.2) is 49.1 Å². The fraction of sp³-hybridized carbons (Fsp3) is 0.368. The fourth-order valence-electron chi connectivity index (χ4n) is 3.50. The second-order valence-corrected chi connectivity index (χ2v) is 8.16. The van der Waals surface area contributed by atoms with E-state index >= 15 is 0 Å². The van der Waals surface area contributed by atoms with Gasteiger partial charge in [0.25, 0.3) is 0 Å². The summed E-state index contributed by atoms with van der Waals surface area (Å²) in [5, 5.41) is 3.65. The number of thiophene rings is 1. The number of benzene rings is 1. The molecule has 0 unspecified atom stereocenters. The molecule has 0 N–H and O–H groups in total. The molecule has 1 saturated heterocycles. The Morgan fingerprint density at radius 3 is 2.50 bits per heavy atom. The van der Waals surface area contributed by atoms with E-state index in [4.69, 9.17) is 0 Å². The van der Waals surface area contributed by atoms with Gasteiger partial charge in [0.15, 0.2) is 0 Å². The summed E-state index contributed by atoms with van der Waals surface area (Å²) in [7, 11) is 0. The summed E-state index contributed by atoms with van der Waals surface area (Å²) in [6, 6.07) is 10.9. The summed E-state index contributed by atoms with van der Waals surface area (Å²) >= 11 is 5.37. The first-order valence-electron chi connectivity index (χ1n) is 8.52. The predicted molar refractivity (Wildman–Crippen MR) is 107 cm³/mol. The van der Waals surface area contributed by atoms with Gasteiger partial charge in [0.2, 0.25) is 0 Å². The Hall–Kier alpha value is -1.30. The zero-order valence-corrected chi connectivity index (χ0v) is 16.3. The van der Waals surface area contributed by atoms with E-state index in [-0.39, 0.29) is 0 Å². The van der Waals surface area contributed by atoms with Crippen molar-refractivity contribution in [1.29, 1.82) is 0 Å². The van der Waals surface area contributed by atoms with Crippen LogP contribution in [0.2, 0.25) is 0 Å². The van der Waals surface area contributed by atoms with Crippen molar-refractivity contribution in [3.63, 3.8) is 0 Å². The molecule has 3 heterocycles. The Morgan fingerprint density at radius 2 is 1.79 bits per heavy atom. The average Bonchev–Trinajstić information content (AvgIpc) is 3.10. The highest BCUT2D eigenvalue weighted by atomic mass is 79.9. The number of hydrogen-bond donors (Lipinski definition) is 0. The quantitative estimate of drug-likeness (QED) is 0.779. The van der Waals surface area contributed by atoms with Gasteiger partial charge in [-0.15, -0.1) is 11.3 Å². The molecule has 2 aromatic rings. The Labute approximate surface area is 155 Å². The molecule has 2 aliphatic rings. The van der Waals surface area contributed by atoms with Crippen molar-refractivity contribution in [3.05, 3.63) is 49.9 Å². The maximum atomic E-state index is 3.53. The number of rotatable bonds is 3. The van der Waals surface area contributed by atoms with Crippen molar-refractivity contribution < 1.29 is 0 Å². The van der Waals surface area contributed by atoms with Gasteiger partial charge in [-0.25, -0.2) is 0 Å². The van der Waals surface area contributed by atoms with Gasteiger partial charge in [0.05, 0.1) is 11.1 Å². The Kier molecular flexibility index (Phi) is 4.66. The minimum absolute atomic E-state index is 0.956. The van der Waals surface area contributed by atoms with Crippen LogP contribution in [-0.2, 0) is 0 Å². The lowest BCUT2D eigenvalue weighted by Crippen LogP contribution is -2.50. The van der Waals surface area contributed by atoms with E-state index < -0.39 is 0 Å². The van der Waals surface area contributed by atoms with Gasteiger partial charge < -0.3 is 14.7 Å². The third-order valence-corrected chi connectivity index (χ3v) is 6.34. The first-order chi connectivity index (χ1) is 11.7. The van der Waals surface area contributed by atoms with Crippen LogP contribution in [0.4, 0.5) is 5.69 Å². The van der Waals surface area contributed by atoms with Gasteiger partial charge in [-0.1, -0.05) is 22.9 Å². The molecule has 0 saturated carbocycles. The van der Waals surface area contributed by atoms with Crippen molar-refractivity contribution in [2.45, 2.75) is 6.92 Å². The molecular formula is C19H22BrN3S. The summed E-state index contributed by atoms with van der Waals surface area (Å²) in [6.45, 7) is 8.97. The van der Waals surface area contributed by atoms with E-state index in [0.717, 1.165) is 30.7 Å². The van der Waals surface area contributed by atoms with E-state index in [9.17, 15) is 0 Å². The molecule has 1 aromatic carbocycles. The fourth-order valence-corrected chi connectivity index (χ4v) is 4.61. The lowest BCUT2D eigenvalue weighted by molar-refractivity contribution is 0.180. The molecule has 1 aromatic heterocycles. The van der Waals surface area contributed by atoms with E-state index in [1.807, 2.05) is 11.3 Å². The highest BCUT2D eigenvalue weighted by Gasteiger charge is 2.22. The number of halogens is 1. The third kappa shape index (κ3) is 3.13. The molecule has 0 aliphatic carbocycles. The summed E-state index contributed by atoms with van der Waals surface area (Å²) in [5.74, 6) is 0. The van der Waals surface area contributed by atoms with Crippen LogP contribution in [0.15, 0.2) is 40.2 Å². The maximum Gasteiger partial charge on any atom is 0.0632 e. The molecule has 5 heteroatoms. The normalized spacial score (nSPS) is 18.5. The summed E-state index contributed by atoms with van der Waals surface area (Å²) in [4.78, 5) is 7.51. The van der Waals surface area contributed by atoms with Crippen LogP contribution in [0.1, 0.15) is 6.92 Å². The van der Waals surface area contributed by atoms with Crippen LogP contribution in [0.3, 0.4) is 0 Å². The summed E-state index contributed by atoms with van der Waals surface area (Å²) < 4.78 is 2.50. The summed E-state index contributed by atoms with van der Waals surface area (Å²) in [6.07, 6.45) is 2.30. The SMILES string of the molecule is CCN1CCN(C2=c3ccsc3=CN(c3ccc(Br)cc3)C2)CC1. The van der Waals surface area contributed by atoms with Gasteiger partial charge in [0, 0.05) is 53.5 Å². The van der Waals surface area contributed by atoms with E-state index in [1.165, 1.54) is 34.2 Å². The van der Waals surface area contributed by atoms with Crippen LogP contribution in [0.25, 0.3) is 11.9 Å². The molecule has 2 aliphatic heterocycles. The number of piperazine rings is 1. The van der Waals surface area contributed by atoms with Crippen molar-refractivity contribution in [2.24, 2.45) is 0 Å². The maximum absolute atomic E-state index is 3.53. The molecule has 126 valence electrons. The Bertz CT molecular complexity index is 819. The van der Waals surface area contributed by atoms with E-state index in [0.29, 0.717) is 0 Å². The standard InChI is InChI=1S/C19H22BrN3S/c1-2-21-8-10-22(11-9-21)18-13-23(14-19-17(18)7-12-24-19)16-5-3-15(20)4-6-16/h3-7,12,14H,2,8-11,13H2,1H3. The zero-order chi connectivity index (χ0) is 16.5. The molecule has 0 bridgehead atoms. The van der Waals surface area contributed by atoms with Crippen molar-refractivity contribution >= 4 is 44.9 Å². The molecule has 24 heavy (non-hydrogen) atoms. The van der Waals surface area contributed by atoms with Crippen LogP contribution < -0.4 is 14.7 Å². The number of fused-ring (bicyclic) bond motifs is 1. The largest absolute Gasteiger partial charge is 0.370 e. The number of nitrogens with zero attached hydrogens (tertiary/aromatic N) is 3. The third-order valence-electron chi connectivity index (χ3n) is 4.96. The van der Waals surface area contributed by atoms with Gasteiger partial charge >= 0.3 is 0 Å². The van der Waals surface area contributed by atoms with Crippen molar-refractivity contribution in [1.82, 2.24) is 9.80 Å². The lowest BCUT2D eigenvalue weighted by atomic mass is 10.1. The number of hydrogen-bond acceptors (Lipinski definition) is 4. The van der Waals surface area contributed by atoms with E-state index in [2.05, 4.69) is 79.5 Å². The topological polar surface area (TPSA) is 9.72 Å². The lowest BCUT2D eigenvalue weighted by Gasteiger charge is -2.39. The molecular weight excluding hydrogens is 382 g/mol. The monoisotopic (exact) mass is 403 g/mol. The van der Waals surface area contributed by atoms with Crippen molar-refractivity contribution in [3.8, 4) is 0 Å². The zero-order valence-electron chi connectivity index (χ0n) is 13.9. The van der Waals surface area contributed by atoms with Crippen LogP contribution in [0.5, 0.6) is 0 Å². The molecule has 0 amide bonds. The first-order valence-corrected chi connectivity index (χ1v) is 10.2. The Morgan fingerprint density at radius 1 is 1.04 bits per heavy atom. The molecule has 1 fully saturated rings. The molecule has 0 spiro atoms. The molecule has 0 atom stereocenters. The number of anilines is 1. The van der Waals surface area contributed by atoms with Crippen LogP contribution >= 0.6 is 27.3 Å². The van der Waals surface area contributed by atoms with Gasteiger partial charge in [-0.05, 0) is 42.3 Å². The molecule has 0 radical (unpaired) electrons. The minimum Gasteiger partial charge on any atom is -0.370 e. The smallest absolute Gasteiger partial charge is 0.0632 e. The van der Waals surface area contributed by atoms with Crippen LogP contribution in [0, 0.1) is 0 Å². The second-order valence-electron chi connectivity index (χ2n) is 6.30. The van der Waals surface area contributed by atoms with E-state index in [1.54, 1.807) is 0 Å². The average molecular weight is 404 g/mol. The highest BCUT2D eigenvalue weighted by Crippen LogP contribution is 2.22. The Balaban J connectivity index is 1.66. The minimum atomic E-state index is 0.956. The first kappa shape index (κ1) is 16.2. The summed E-state index contributed by atoms with van der Waals surface area (Å²) in [5.41, 5.74) is 2.73. The number of likely N-dealkylation sites (N-methyl/N-ethyl adjacent to an activating group) is 1. The van der Waals surface area contributed by atoms with Gasteiger partial charge in [-0.3, -0.25) is 0 Å². The molecule has 4 rings (SSSR count). The highest BCUT2D eigenvalue weighted by molar-refractivity contribution is 9.10.